The first-order valence-electron chi connectivity index (χ1n) is 11.7. The van der Waals surface area contributed by atoms with Crippen molar-refractivity contribution in [2.24, 2.45) is 40.4 Å². The molecular weight excluding hydrogens is 348 g/mol. The Morgan fingerprint density at radius 3 is 2.79 bits per heavy atom. The zero-order valence-electron chi connectivity index (χ0n) is 18.4. The summed E-state index contributed by atoms with van der Waals surface area (Å²) >= 11 is 0. The molecule has 3 fully saturated rings. The molecule has 0 aliphatic heterocycles. The summed E-state index contributed by atoms with van der Waals surface area (Å²) in [7, 11) is 1.49. The van der Waals surface area contributed by atoms with Crippen LogP contribution in [0, 0.1) is 40.4 Å². The molecule has 0 aromatic heterocycles. The number of carbonyl (C=O) groups is 1. The zero-order valence-corrected chi connectivity index (χ0v) is 18.4. The van der Waals surface area contributed by atoms with E-state index < -0.39 is 0 Å². The smallest absolute Gasteiger partial charge is 0.305 e. The van der Waals surface area contributed by atoms with Gasteiger partial charge in [0.05, 0.1) is 13.2 Å². The molecule has 3 nitrogen and oxygen atoms in total. The molecule has 158 valence electrons. The number of allylic oxidation sites excluding steroid dienone is 2. The van der Waals surface area contributed by atoms with Crippen LogP contribution in [0.15, 0.2) is 11.6 Å². The van der Waals surface area contributed by atoms with Crippen molar-refractivity contribution in [1.82, 2.24) is 0 Å². The topological polar surface area (TPSA) is 46.5 Å². The summed E-state index contributed by atoms with van der Waals surface area (Å²) in [5, 5.41) is 10.2. The Morgan fingerprint density at radius 2 is 2.04 bits per heavy atom. The first-order chi connectivity index (χ1) is 13.3. The monoisotopic (exact) mass is 388 g/mol. The van der Waals surface area contributed by atoms with Crippen LogP contribution in [0.1, 0.15) is 85.0 Å². The van der Waals surface area contributed by atoms with E-state index in [-0.39, 0.29) is 12.1 Å². The highest BCUT2D eigenvalue weighted by molar-refractivity contribution is 5.69. The summed E-state index contributed by atoms with van der Waals surface area (Å²) in [6.45, 7) is 7.42. The third-order valence-corrected chi connectivity index (χ3v) is 9.79. The van der Waals surface area contributed by atoms with Gasteiger partial charge < -0.3 is 9.84 Å². The molecule has 4 rings (SSSR count). The second kappa shape index (κ2) is 7.45. The molecule has 3 heteroatoms. The molecule has 0 saturated heterocycles. The molecule has 28 heavy (non-hydrogen) atoms. The zero-order chi connectivity index (χ0) is 20.1. The normalized spacial score (nSPS) is 46.0. The lowest BCUT2D eigenvalue weighted by atomic mass is 9.48. The number of hydrogen-bond donors (Lipinski definition) is 1. The van der Waals surface area contributed by atoms with Gasteiger partial charge in [0, 0.05) is 6.42 Å². The summed E-state index contributed by atoms with van der Waals surface area (Å²) < 4.78 is 4.87. The summed E-state index contributed by atoms with van der Waals surface area (Å²) in [5.41, 5.74) is 2.49. The van der Waals surface area contributed by atoms with Crippen molar-refractivity contribution in [3.05, 3.63) is 11.6 Å². The molecular formula is C25H40O3. The Morgan fingerprint density at radius 1 is 1.25 bits per heavy atom. The number of aliphatic hydroxyl groups excluding tert-OH is 1. The van der Waals surface area contributed by atoms with Gasteiger partial charge in [-0.1, -0.05) is 32.4 Å². The number of hydrogen-bond acceptors (Lipinski definition) is 3. The molecule has 0 heterocycles. The van der Waals surface area contributed by atoms with Crippen molar-refractivity contribution < 1.29 is 14.6 Å². The molecule has 4 aliphatic carbocycles. The first-order valence-corrected chi connectivity index (χ1v) is 11.7. The van der Waals surface area contributed by atoms with Gasteiger partial charge in [0.2, 0.25) is 0 Å². The van der Waals surface area contributed by atoms with E-state index >= 15 is 0 Å². The number of carbonyl (C=O) groups excluding carboxylic acids is 1. The molecule has 0 aromatic carbocycles. The molecule has 1 N–H and O–H groups in total. The fourth-order valence-corrected chi connectivity index (χ4v) is 8.13. The van der Waals surface area contributed by atoms with E-state index in [1.54, 1.807) is 5.57 Å². The lowest BCUT2D eigenvalue weighted by Crippen LogP contribution is -2.48. The highest BCUT2D eigenvalue weighted by atomic mass is 16.5. The van der Waals surface area contributed by atoms with E-state index in [0.29, 0.717) is 29.1 Å². The second-order valence-electron chi connectivity index (χ2n) is 11.0. The minimum atomic E-state index is -0.0735. The Kier molecular flexibility index (Phi) is 5.44. The summed E-state index contributed by atoms with van der Waals surface area (Å²) in [5.74, 6) is 3.48. The van der Waals surface area contributed by atoms with Crippen LogP contribution in [0.25, 0.3) is 0 Å². The maximum atomic E-state index is 11.6. The van der Waals surface area contributed by atoms with E-state index in [4.69, 9.17) is 4.74 Å². The molecule has 2 unspecified atom stereocenters. The van der Waals surface area contributed by atoms with E-state index in [0.717, 1.165) is 37.0 Å². The van der Waals surface area contributed by atoms with Crippen LogP contribution < -0.4 is 0 Å². The Hall–Kier alpha value is -0.830. The minimum Gasteiger partial charge on any atom is -0.469 e. The molecule has 0 radical (unpaired) electrons. The second-order valence-corrected chi connectivity index (χ2v) is 11.0. The van der Waals surface area contributed by atoms with Gasteiger partial charge >= 0.3 is 5.97 Å². The van der Waals surface area contributed by atoms with Crippen molar-refractivity contribution in [2.75, 3.05) is 7.11 Å². The summed E-state index contributed by atoms with van der Waals surface area (Å²) in [4.78, 5) is 11.6. The minimum absolute atomic E-state index is 0.0666. The van der Waals surface area contributed by atoms with E-state index in [9.17, 15) is 9.90 Å². The van der Waals surface area contributed by atoms with Crippen LogP contribution in [0.4, 0.5) is 0 Å². The largest absolute Gasteiger partial charge is 0.469 e. The van der Waals surface area contributed by atoms with Gasteiger partial charge in [0.1, 0.15) is 0 Å². The van der Waals surface area contributed by atoms with Crippen molar-refractivity contribution in [3.8, 4) is 0 Å². The highest BCUT2D eigenvalue weighted by Crippen LogP contribution is 2.66. The van der Waals surface area contributed by atoms with Crippen molar-refractivity contribution in [2.45, 2.75) is 91.1 Å². The number of esters is 1. The molecule has 0 bridgehead atoms. The fourth-order valence-electron chi connectivity index (χ4n) is 8.13. The molecule has 8 atom stereocenters. The number of ether oxygens (including phenoxy) is 1. The van der Waals surface area contributed by atoms with Crippen LogP contribution in [0.5, 0.6) is 0 Å². The van der Waals surface area contributed by atoms with Gasteiger partial charge in [-0.3, -0.25) is 4.79 Å². The predicted octanol–water partition coefficient (Wildman–Crippen LogP) is 5.52. The van der Waals surface area contributed by atoms with Crippen LogP contribution in [0.3, 0.4) is 0 Å². The quantitative estimate of drug-likeness (QED) is 0.510. The maximum absolute atomic E-state index is 11.6. The predicted molar refractivity (Wildman–Crippen MR) is 112 cm³/mol. The summed E-state index contributed by atoms with van der Waals surface area (Å²) in [6.07, 6.45) is 13.8. The van der Waals surface area contributed by atoms with Gasteiger partial charge in [-0.2, -0.15) is 0 Å². The number of rotatable bonds is 4. The fraction of sp³-hybridized carbons (Fsp3) is 0.880. The maximum Gasteiger partial charge on any atom is 0.305 e. The van der Waals surface area contributed by atoms with Gasteiger partial charge in [-0.05, 0) is 98.2 Å². The molecule has 0 spiro atoms. The molecule has 0 aromatic rings. The molecule has 0 amide bonds. The van der Waals surface area contributed by atoms with Crippen LogP contribution in [0.2, 0.25) is 0 Å². The average molecular weight is 389 g/mol. The van der Waals surface area contributed by atoms with E-state index in [2.05, 4.69) is 26.8 Å². The SMILES string of the molecule is COC(=O)CC[C@@H](C)[C@H]1CC[C@H]2[C@@H]3CCC4CC(O)CC[C@]4(C)C3=CC[C@]12C. The Labute approximate surface area is 171 Å². The van der Waals surface area contributed by atoms with Crippen molar-refractivity contribution in [1.29, 1.82) is 0 Å². The van der Waals surface area contributed by atoms with Gasteiger partial charge in [0.25, 0.3) is 0 Å². The van der Waals surface area contributed by atoms with Gasteiger partial charge in [0.15, 0.2) is 0 Å². The highest BCUT2D eigenvalue weighted by Gasteiger charge is 2.57. The Balaban J connectivity index is 1.53. The van der Waals surface area contributed by atoms with Gasteiger partial charge in [-0.25, -0.2) is 0 Å². The molecule has 3 saturated carbocycles. The van der Waals surface area contributed by atoms with Crippen molar-refractivity contribution in [3.63, 3.8) is 0 Å². The number of aliphatic hydroxyl groups is 1. The van der Waals surface area contributed by atoms with E-state index in [1.807, 2.05) is 0 Å². The van der Waals surface area contributed by atoms with Crippen molar-refractivity contribution >= 4 is 5.97 Å². The number of fused-ring (bicyclic) bond motifs is 5. The summed E-state index contributed by atoms with van der Waals surface area (Å²) in [6, 6.07) is 0. The lowest BCUT2D eigenvalue weighted by molar-refractivity contribution is -0.141. The molecule has 4 aliphatic rings. The third kappa shape index (κ3) is 3.16. The first kappa shape index (κ1) is 20.4. The van der Waals surface area contributed by atoms with E-state index in [1.165, 1.54) is 45.6 Å². The van der Waals surface area contributed by atoms with Crippen LogP contribution >= 0.6 is 0 Å². The lowest BCUT2D eigenvalue weighted by Gasteiger charge is -2.57. The average Bonchev–Trinajstić information content (AvgIpc) is 3.03. The van der Waals surface area contributed by atoms with Crippen LogP contribution in [-0.2, 0) is 9.53 Å². The van der Waals surface area contributed by atoms with Crippen LogP contribution in [-0.4, -0.2) is 24.3 Å². The van der Waals surface area contributed by atoms with Gasteiger partial charge in [-0.15, -0.1) is 0 Å². The number of methoxy groups -OCH3 is 1. The third-order valence-electron chi connectivity index (χ3n) is 9.79. The standard InChI is InChI=1S/C25H40O3/c1-16(5-10-23(27)28-4)20-8-9-21-19-7-6-17-15-18(26)11-13-24(17,2)22(19)12-14-25(20,21)3/h12,16-21,26H,5-11,13-15H2,1-4H3/t16-,17?,18?,19+,20-,21+,24+,25-/m1/s1. The Bertz CT molecular complexity index is 640.